The Hall–Kier alpha value is -1.92. The molecule has 1 aromatic carbocycles. The van der Waals surface area contributed by atoms with E-state index in [1.165, 1.54) is 22.0 Å². The molecule has 0 saturated carbocycles. The summed E-state index contributed by atoms with van der Waals surface area (Å²) in [6, 6.07) is 4.76. The number of aromatic nitrogens is 3. The molecule has 4 nitrogen and oxygen atoms in total. The normalized spacial score (nSPS) is 11.9. The van der Waals surface area contributed by atoms with Gasteiger partial charge in [-0.2, -0.15) is 0 Å². The topological polar surface area (TPSA) is 47.8 Å². The minimum absolute atomic E-state index is 0.210. The molecule has 0 bridgehead atoms. The summed E-state index contributed by atoms with van der Waals surface area (Å²) < 4.78 is 39.7. The molecular weight excluding hydrogens is 338 g/mol. The number of halogens is 3. The first-order chi connectivity index (χ1) is 9.47. The van der Waals surface area contributed by atoms with E-state index in [1.807, 2.05) is 0 Å². The van der Waals surface area contributed by atoms with Crippen LogP contribution in [0.2, 0.25) is 0 Å². The number of nitrogens with zero attached hydrogens (tertiary/aromatic N) is 3. The van der Waals surface area contributed by atoms with Crippen molar-refractivity contribution < 1.29 is 13.2 Å². The first-order valence-corrected chi connectivity index (χ1v) is 7.10. The van der Waals surface area contributed by atoms with E-state index in [1.54, 1.807) is 6.07 Å². The zero-order chi connectivity index (χ0) is 14.3. The van der Waals surface area contributed by atoms with Crippen molar-refractivity contribution in [2.24, 2.45) is 0 Å². The monoisotopic (exact) mass is 345 g/mol. The predicted molar refractivity (Wildman–Crippen MR) is 67.1 cm³/mol. The molecule has 0 aliphatic rings. The summed E-state index contributed by atoms with van der Waals surface area (Å²) in [6.45, 7) is 0. The molecule has 8 heteroatoms. The Balaban J connectivity index is 2.23. The quantitative estimate of drug-likeness (QED) is 0.633. The number of hydrogen-bond acceptors (Lipinski definition) is 3. The molecule has 0 spiro atoms. The van der Waals surface area contributed by atoms with Crippen molar-refractivity contribution in [2.45, 2.75) is 6.18 Å². The standard InChI is InChI=1S/C12H6F3N3OSe/c13-12(14,15)7-2-3-8-9(6-7)20-18(10(8)19)11-16-4-1-5-17-11/h1-6H. The number of benzene rings is 1. The number of alkyl halides is 3. The molecule has 0 fully saturated rings. The molecule has 0 radical (unpaired) electrons. The van der Waals surface area contributed by atoms with Crippen molar-refractivity contribution in [2.75, 3.05) is 0 Å². The fourth-order valence-corrected chi connectivity index (χ4v) is 3.80. The summed E-state index contributed by atoms with van der Waals surface area (Å²) in [5, 5.41) is 0.283. The van der Waals surface area contributed by atoms with Crippen LogP contribution in [0.3, 0.4) is 0 Å². The average molecular weight is 344 g/mol. The predicted octanol–water partition coefficient (Wildman–Crippen LogP) is 1.86. The van der Waals surface area contributed by atoms with Crippen LogP contribution < -0.4 is 5.56 Å². The summed E-state index contributed by atoms with van der Waals surface area (Å²) in [5.74, 6) is 0.210. The molecular formula is C12H6F3N3OSe. The van der Waals surface area contributed by atoms with Crippen molar-refractivity contribution in [3.63, 3.8) is 0 Å². The third kappa shape index (κ3) is 2.17. The molecule has 2 aromatic heterocycles. The van der Waals surface area contributed by atoms with Crippen LogP contribution in [-0.4, -0.2) is 28.3 Å². The van der Waals surface area contributed by atoms with Crippen LogP contribution in [0.15, 0.2) is 41.5 Å². The van der Waals surface area contributed by atoms with Gasteiger partial charge in [0, 0.05) is 0 Å². The summed E-state index contributed by atoms with van der Waals surface area (Å²) in [7, 11) is 0. The van der Waals surface area contributed by atoms with Gasteiger partial charge in [0.05, 0.1) is 0 Å². The van der Waals surface area contributed by atoms with Gasteiger partial charge in [-0.3, -0.25) is 0 Å². The van der Waals surface area contributed by atoms with Crippen molar-refractivity contribution >= 4 is 24.4 Å². The Labute approximate surface area is 116 Å². The minimum atomic E-state index is -4.41. The van der Waals surface area contributed by atoms with Crippen LogP contribution in [0.5, 0.6) is 0 Å². The van der Waals surface area contributed by atoms with Gasteiger partial charge in [-0.25, -0.2) is 0 Å². The number of rotatable bonds is 1. The molecule has 2 heterocycles. The Morgan fingerprint density at radius 1 is 1.15 bits per heavy atom. The molecule has 20 heavy (non-hydrogen) atoms. The van der Waals surface area contributed by atoms with Crippen LogP contribution in [0.1, 0.15) is 5.56 Å². The van der Waals surface area contributed by atoms with E-state index in [9.17, 15) is 18.0 Å². The van der Waals surface area contributed by atoms with Crippen LogP contribution in [0.25, 0.3) is 15.6 Å². The summed E-state index contributed by atoms with van der Waals surface area (Å²) in [5.41, 5.74) is -1.11. The van der Waals surface area contributed by atoms with Gasteiger partial charge in [0.15, 0.2) is 0 Å². The molecule has 0 N–H and O–H groups in total. The Bertz CT molecular complexity index is 823. The Morgan fingerprint density at radius 2 is 1.85 bits per heavy atom. The second-order valence-corrected chi connectivity index (χ2v) is 6.02. The van der Waals surface area contributed by atoms with E-state index in [4.69, 9.17) is 0 Å². The first kappa shape index (κ1) is 13.1. The van der Waals surface area contributed by atoms with Gasteiger partial charge in [-0.05, 0) is 0 Å². The second-order valence-electron chi connectivity index (χ2n) is 3.95. The van der Waals surface area contributed by atoms with E-state index < -0.39 is 26.5 Å². The van der Waals surface area contributed by atoms with E-state index in [0.717, 1.165) is 12.1 Å². The van der Waals surface area contributed by atoms with E-state index in [-0.39, 0.29) is 16.9 Å². The Morgan fingerprint density at radius 3 is 2.50 bits per heavy atom. The zero-order valence-corrected chi connectivity index (χ0v) is 11.5. The molecule has 0 amide bonds. The van der Waals surface area contributed by atoms with Gasteiger partial charge < -0.3 is 0 Å². The van der Waals surface area contributed by atoms with Gasteiger partial charge in [-0.15, -0.1) is 0 Å². The zero-order valence-electron chi connectivity index (χ0n) is 9.76. The van der Waals surface area contributed by atoms with Crippen molar-refractivity contribution in [1.29, 1.82) is 0 Å². The van der Waals surface area contributed by atoms with Crippen LogP contribution >= 0.6 is 0 Å². The van der Waals surface area contributed by atoms with Gasteiger partial charge in [-0.1, -0.05) is 0 Å². The van der Waals surface area contributed by atoms with Crippen LogP contribution in [0.4, 0.5) is 13.2 Å². The number of hydrogen-bond donors (Lipinski definition) is 0. The van der Waals surface area contributed by atoms with Crippen LogP contribution in [0, 0.1) is 0 Å². The third-order valence-corrected chi connectivity index (χ3v) is 4.84. The maximum atomic E-state index is 12.7. The van der Waals surface area contributed by atoms with Gasteiger partial charge >= 0.3 is 116 Å². The maximum absolute atomic E-state index is 12.7. The Kier molecular flexibility index (Phi) is 2.99. The second kappa shape index (κ2) is 4.57. The fraction of sp³-hybridized carbons (Fsp3) is 0.0833. The van der Waals surface area contributed by atoms with Gasteiger partial charge in [0.1, 0.15) is 0 Å². The SMILES string of the molecule is O=c1c2ccc(C(F)(F)F)cc2[se]n1-c1ncccn1. The van der Waals surface area contributed by atoms with Gasteiger partial charge in [0.25, 0.3) is 0 Å². The molecule has 102 valence electrons. The third-order valence-electron chi connectivity index (χ3n) is 2.65. The average Bonchev–Trinajstić information content (AvgIpc) is 2.76. The van der Waals surface area contributed by atoms with Crippen molar-refractivity contribution in [3.05, 3.63) is 52.6 Å². The molecule has 0 aliphatic carbocycles. The van der Waals surface area contributed by atoms with Crippen LogP contribution in [-0.2, 0) is 6.18 Å². The number of fused-ring (bicyclic) bond motifs is 1. The van der Waals surface area contributed by atoms with E-state index in [0.29, 0.717) is 4.26 Å². The summed E-state index contributed by atoms with van der Waals surface area (Å²) in [4.78, 5) is 20.0. The summed E-state index contributed by atoms with van der Waals surface area (Å²) >= 11 is -0.588. The van der Waals surface area contributed by atoms with Crippen molar-refractivity contribution in [3.8, 4) is 5.95 Å². The molecule has 0 atom stereocenters. The van der Waals surface area contributed by atoms with E-state index in [2.05, 4.69) is 9.97 Å². The molecule has 0 aliphatic heterocycles. The fourth-order valence-electron chi connectivity index (χ4n) is 1.73. The molecule has 3 rings (SSSR count). The first-order valence-electron chi connectivity index (χ1n) is 5.47. The molecule has 3 aromatic rings. The summed E-state index contributed by atoms with van der Waals surface area (Å²) in [6.07, 6.45) is -1.45. The molecule has 0 saturated heterocycles. The van der Waals surface area contributed by atoms with E-state index >= 15 is 0 Å². The van der Waals surface area contributed by atoms with Gasteiger partial charge in [0.2, 0.25) is 0 Å². The molecule has 0 unspecified atom stereocenters. The van der Waals surface area contributed by atoms with Crippen molar-refractivity contribution in [1.82, 2.24) is 13.5 Å².